The first kappa shape index (κ1) is 21.1. The van der Waals surface area contributed by atoms with Gasteiger partial charge < -0.3 is 35.2 Å². The van der Waals surface area contributed by atoms with E-state index in [1.807, 2.05) is 0 Å². The molecule has 4 unspecified atom stereocenters. The molecule has 1 aliphatic rings. The number of aliphatic hydroxyl groups excluding tert-OH is 3. The number of phenolic OH excluding ortho intramolecular Hbond substituents is 1. The van der Waals surface area contributed by atoms with E-state index in [-0.39, 0.29) is 30.9 Å². The molecule has 0 aromatic heterocycles. The monoisotopic (exact) mass is 383 g/mol. The van der Waals surface area contributed by atoms with Crippen LogP contribution in [-0.2, 0) is 14.3 Å². The van der Waals surface area contributed by atoms with Gasteiger partial charge in [0.05, 0.1) is 12.7 Å². The van der Waals surface area contributed by atoms with Crippen LogP contribution in [0.3, 0.4) is 0 Å². The summed E-state index contributed by atoms with van der Waals surface area (Å²) in [5, 5.41) is 41.4. The van der Waals surface area contributed by atoms with Gasteiger partial charge in [0, 0.05) is 18.5 Å². The van der Waals surface area contributed by atoms with Crippen LogP contribution in [0.2, 0.25) is 0 Å². The Bertz CT molecular complexity index is 669. The highest BCUT2D eigenvalue weighted by Gasteiger charge is 2.31. The van der Waals surface area contributed by atoms with Crippen molar-refractivity contribution in [1.82, 2.24) is 5.32 Å². The average molecular weight is 383 g/mol. The zero-order chi connectivity index (χ0) is 20.1. The third-order valence-corrected chi connectivity index (χ3v) is 4.31. The zero-order valence-corrected chi connectivity index (χ0v) is 15.2. The highest BCUT2D eigenvalue weighted by atomic mass is 16.7. The molecule has 1 fully saturated rings. The number of ether oxygens (including phenoxy) is 2. The summed E-state index contributed by atoms with van der Waals surface area (Å²) in [7, 11) is 0. The molecule has 27 heavy (non-hydrogen) atoms. The fourth-order valence-corrected chi connectivity index (χ4v) is 2.70. The fraction of sp³-hybridized carbons (Fsp3) is 0.556. The first-order chi connectivity index (χ1) is 12.7. The Hall–Kier alpha value is -2.20. The lowest BCUT2D eigenvalue weighted by Gasteiger charge is -2.26. The van der Waals surface area contributed by atoms with Crippen LogP contribution in [0.1, 0.15) is 34.3 Å². The molecule has 1 aromatic carbocycles. The summed E-state index contributed by atoms with van der Waals surface area (Å²) >= 11 is 0. The number of aromatic hydroxyl groups is 1. The normalized spacial score (nSPS) is 22.0. The molecular weight excluding hydrogens is 358 g/mol. The van der Waals surface area contributed by atoms with Crippen LogP contribution in [-0.4, -0.2) is 70.1 Å². The molecule has 4 atom stereocenters. The first-order valence-corrected chi connectivity index (χ1v) is 8.63. The number of amides is 1. The molecule has 150 valence electrons. The summed E-state index contributed by atoms with van der Waals surface area (Å²) in [6, 6.07) is 2.98. The van der Waals surface area contributed by atoms with E-state index >= 15 is 0 Å². The molecule has 1 aliphatic heterocycles. The number of hydrogen-bond acceptors (Lipinski definition) is 8. The molecule has 9 nitrogen and oxygen atoms in total. The lowest BCUT2D eigenvalue weighted by molar-refractivity contribution is -0.201. The van der Waals surface area contributed by atoms with Gasteiger partial charge in [0.25, 0.3) is 5.91 Å². The Morgan fingerprint density at radius 3 is 2.52 bits per heavy atom. The van der Waals surface area contributed by atoms with Gasteiger partial charge in [-0.25, -0.2) is 4.79 Å². The van der Waals surface area contributed by atoms with E-state index in [0.717, 1.165) is 0 Å². The lowest BCUT2D eigenvalue weighted by Crippen LogP contribution is -2.44. The van der Waals surface area contributed by atoms with E-state index in [0.29, 0.717) is 17.5 Å². The molecule has 1 heterocycles. The molecule has 1 amide bonds. The van der Waals surface area contributed by atoms with Crippen molar-refractivity contribution in [2.24, 2.45) is 0 Å². The number of carbonyl (C=O) groups is 2. The summed E-state index contributed by atoms with van der Waals surface area (Å²) in [6.45, 7) is 3.14. The van der Waals surface area contributed by atoms with Crippen molar-refractivity contribution in [3.8, 4) is 5.75 Å². The predicted octanol–water partition coefficient (Wildman–Crippen LogP) is -0.499. The van der Waals surface area contributed by atoms with E-state index in [9.17, 15) is 30.0 Å². The Morgan fingerprint density at radius 2 is 1.93 bits per heavy atom. The molecule has 9 heteroatoms. The van der Waals surface area contributed by atoms with Crippen molar-refractivity contribution >= 4 is 11.9 Å². The number of aryl methyl sites for hydroxylation is 2. The smallest absolute Gasteiger partial charge is 0.337 e. The minimum Gasteiger partial charge on any atom is -0.507 e. The van der Waals surface area contributed by atoms with E-state index in [4.69, 9.17) is 9.47 Å². The molecule has 0 bridgehead atoms. The largest absolute Gasteiger partial charge is 0.507 e. The maximum absolute atomic E-state index is 12.2. The van der Waals surface area contributed by atoms with Crippen LogP contribution < -0.4 is 5.32 Å². The Morgan fingerprint density at radius 1 is 1.30 bits per heavy atom. The molecule has 0 saturated carbocycles. The molecule has 0 spiro atoms. The van der Waals surface area contributed by atoms with E-state index in [1.165, 1.54) is 12.1 Å². The number of esters is 1. The quantitative estimate of drug-likeness (QED) is 0.326. The van der Waals surface area contributed by atoms with Gasteiger partial charge in [-0.2, -0.15) is 0 Å². The number of aliphatic hydroxyl groups is 3. The molecule has 2 rings (SSSR count). The van der Waals surface area contributed by atoms with Crippen LogP contribution in [0.25, 0.3) is 0 Å². The minimum absolute atomic E-state index is 0.0535. The van der Waals surface area contributed by atoms with Crippen molar-refractivity contribution in [2.75, 3.05) is 13.2 Å². The van der Waals surface area contributed by atoms with Gasteiger partial charge in [-0.05, 0) is 43.5 Å². The number of benzene rings is 1. The van der Waals surface area contributed by atoms with E-state index in [1.54, 1.807) is 13.8 Å². The van der Waals surface area contributed by atoms with Crippen LogP contribution in [0.15, 0.2) is 12.1 Å². The van der Waals surface area contributed by atoms with Gasteiger partial charge >= 0.3 is 5.97 Å². The second-order valence-corrected chi connectivity index (χ2v) is 6.60. The number of rotatable bonds is 6. The third-order valence-electron chi connectivity index (χ3n) is 4.31. The van der Waals surface area contributed by atoms with Crippen molar-refractivity contribution in [3.05, 3.63) is 28.8 Å². The van der Waals surface area contributed by atoms with Gasteiger partial charge in [0.2, 0.25) is 6.29 Å². The van der Waals surface area contributed by atoms with Crippen molar-refractivity contribution in [1.29, 1.82) is 0 Å². The number of nitrogens with one attached hydrogen (secondary N) is 1. The van der Waals surface area contributed by atoms with E-state index < -0.39 is 36.5 Å². The van der Waals surface area contributed by atoms with Gasteiger partial charge in [0.1, 0.15) is 11.9 Å². The van der Waals surface area contributed by atoms with Gasteiger partial charge in [-0.15, -0.1) is 0 Å². The fourth-order valence-electron chi connectivity index (χ4n) is 2.70. The topological polar surface area (TPSA) is 146 Å². The Balaban J connectivity index is 1.84. The van der Waals surface area contributed by atoms with E-state index in [2.05, 4.69) is 5.32 Å². The molecule has 1 aromatic rings. The molecule has 0 aliphatic carbocycles. The average Bonchev–Trinajstić information content (AvgIpc) is 2.63. The number of hydrogen-bond donors (Lipinski definition) is 5. The van der Waals surface area contributed by atoms with Crippen molar-refractivity contribution in [2.45, 2.75) is 51.3 Å². The minimum atomic E-state index is -1.86. The van der Waals surface area contributed by atoms with Crippen molar-refractivity contribution < 1.29 is 39.5 Å². The summed E-state index contributed by atoms with van der Waals surface area (Å²) in [6.07, 6.45) is -4.63. The standard InChI is InChI=1S/C18H25NO8/c1-9-5-11(6-10(2)15(9)22)16(23)19-8-13(21)17(24)27-18(25)14-7-12(20)3-4-26-14/h5-6,12-14,17,20-22,24H,3-4,7-8H2,1-2H3,(H,19,23). The summed E-state index contributed by atoms with van der Waals surface area (Å²) in [5.74, 6) is -1.31. The van der Waals surface area contributed by atoms with Crippen LogP contribution in [0, 0.1) is 13.8 Å². The highest BCUT2D eigenvalue weighted by Crippen LogP contribution is 2.22. The molecule has 0 radical (unpaired) electrons. The zero-order valence-electron chi connectivity index (χ0n) is 15.2. The summed E-state index contributed by atoms with van der Waals surface area (Å²) < 4.78 is 9.90. The highest BCUT2D eigenvalue weighted by molar-refractivity contribution is 5.94. The first-order valence-electron chi connectivity index (χ1n) is 8.63. The third kappa shape index (κ3) is 5.64. The number of phenols is 1. The Kier molecular flexibility index (Phi) is 7.14. The maximum atomic E-state index is 12.2. The van der Waals surface area contributed by atoms with Gasteiger partial charge in [-0.3, -0.25) is 4.79 Å². The maximum Gasteiger partial charge on any atom is 0.337 e. The van der Waals surface area contributed by atoms with Crippen molar-refractivity contribution in [3.63, 3.8) is 0 Å². The Labute approximate surface area is 156 Å². The second-order valence-electron chi connectivity index (χ2n) is 6.60. The summed E-state index contributed by atoms with van der Waals surface area (Å²) in [4.78, 5) is 24.0. The van der Waals surface area contributed by atoms with Gasteiger partial charge in [-0.1, -0.05) is 0 Å². The van der Waals surface area contributed by atoms with Crippen LogP contribution in [0.5, 0.6) is 5.75 Å². The number of carbonyl (C=O) groups excluding carboxylic acids is 2. The lowest BCUT2D eigenvalue weighted by atomic mass is 10.1. The predicted molar refractivity (Wildman–Crippen MR) is 93.0 cm³/mol. The van der Waals surface area contributed by atoms with Crippen LogP contribution in [0.4, 0.5) is 0 Å². The van der Waals surface area contributed by atoms with Crippen LogP contribution >= 0.6 is 0 Å². The summed E-state index contributed by atoms with van der Waals surface area (Å²) in [5.41, 5.74) is 1.35. The van der Waals surface area contributed by atoms with Gasteiger partial charge in [0.15, 0.2) is 6.10 Å². The SMILES string of the molecule is Cc1cc(C(=O)NCC(O)C(O)OC(=O)C2CC(O)CCO2)cc(C)c1O. The molecule has 5 N–H and O–H groups in total. The molecule has 1 saturated heterocycles. The molecular formula is C18H25NO8. The second kappa shape index (κ2) is 9.14.